The van der Waals surface area contributed by atoms with Crippen LogP contribution in [-0.2, 0) is 19.2 Å². The molecule has 0 fully saturated rings. The highest BCUT2D eigenvalue weighted by Gasteiger charge is 2.40. The Bertz CT molecular complexity index is 661. The Morgan fingerprint density at radius 2 is 1.29 bits per heavy atom. The van der Waals surface area contributed by atoms with E-state index in [-0.39, 0.29) is 12.8 Å². The number of carboxylic acid groups (broad SMARTS) is 1. The van der Waals surface area contributed by atoms with Gasteiger partial charge >= 0.3 is 5.97 Å². The molecule has 1 aliphatic rings. The van der Waals surface area contributed by atoms with Crippen molar-refractivity contribution in [1.82, 2.24) is 10.4 Å². The minimum Gasteiger partial charge on any atom is -0.480 e. The summed E-state index contributed by atoms with van der Waals surface area (Å²) < 4.78 is 0. The zero-order chi connectivity index (χ0) is 25.2. The van der Waals surface area contributed by atoms with E-state index in [1.165, 1.54) is 69.9 Å². The van der Waals surface area contributed by atoms with Crippen molar-refractivity contribution in [3.8, 4) is 0 Å². The van der Waals surface area contributed by atoms with Crippen molar-refractivity contribution in [3.05, 3.63) is 12.2 Å². The second-order valence-corrected chi connectivity index (χ2v) is 9.40. The molecule has 0 aliphatic carbocycles. The molecule has 0 aromatic carbocycles. The number of hydrogen-bond acceptors (Lipinski definition) is 6. The quantitative estimate of drug-likeness (QED) is 0.119. The molecule has 0 spiro atoms. The first-order valence-electron chi connectivity index (χ1n) is 13.2. The lowest BCUT2D eigenvalue weighted by molar-refractivity contribution is -0.149. The van der Waals surface area contributed by atoms with E-state index in [0.29, 0.717) is 25.8 Å². The molecule has 194 valence electrons. The van der Waals surface area contributed by atoms with Gasteiger partial charge in [-0.15, -0.1) is 0 Å². The molecule has 1 rings (SSSR count). The Balaban J connectivity index is 2.11. The molecule has 0 saturated heterocycles. The first-order chi connectivity index (χ1) is 16.3. The fourth-order valence-corrected chi connectivity index (χ4v) is 4.17. The van der Waals surface area contributed by atoms with Crippen molar-refractivity contribution in [1.29, 1.82) is 0 Å². The van der Waals surface area contributed by atoms with Crippen molar-refractivity contribution in [2.45, 2.75) is 122 Å². The SMILES string of the molecule is CCCCCCCCCCCCCCCC(=O)[C@](N)(CCCCNN1C(=O)C=CC1=O)C(=O)O. The largest absolute Gasteiger partial charge is 0.480 e. The van der Waals surface area contributed by atoms with Crippen LogP contribution >= 0.6 is 0 Å². The van der Waals surface area contributed by atoms with E-state index in [2.05, 4.69) is 12.3 Å². The second kappa shape index (κ2) is 17.4. The van der Waals surface area contributed by atoms with Crippen molar-refractivity contribution in [2.24, 2.45) is 5.73 Å². The van der Waals surface area contributed by atoms with Crippen molar-refractivity contribution in [2.75, 3.05) is 6.54 Å². The summed E-state index contributed by atoms with van der Waals surface area (Å²) in [6, 6.07) is 0. The van der Waals surface area contributed by atoms with E-state index < -0.39 is 29.1 Å². The van der Waals surface area contributed by atoms with Crippen LogP contribution in [-0.4, -0.2) is 45.8 Å². The standard InChI is InChI=1S/C26H45N3O5/c1-2-3-4-5-6-7-8-9-10-11-12-13-14-17-22(30)26(27,25(33)34)20-15-16-21-28-29-23(31)18-19-24(29)32/h18-19,28H,2-17,20-21,27H2,1H3,(H,33,34)/t26-/m1/s1. The summed E-state index contributed by atoms with van der Waals surface area (Å²) in [4.78, 5) is 47.2. The average Bonchev–Trinajstić information content (AvgIpc) is 3.13. The van der Waals surface area contributed by atoms with Crippen LogP contribution in [0.5, 0.6) is 0 Å². The van der Waals surface area contributed by atoms with Gasteiger partial charge in [-0.25, -0.2) is 15.2 Å². The lowest BCUT2D eigenvalue weighted by Gasteiger charge is -2.23. The molecule has 1 heterocycles. The van der Waals surface area contributed by atoms with Gasteiger partial charge in [0.2, 0.25) is 0 Å². The van der Waals surface area contributed by atoms with Crippen LogP contribution < -0.4 is 11.2 Å². The van der Waals surface area contributed by atoms with Gasteiger partial charge in [0.1, 0.15) is 0 Å². The number of Topliss-reactive ketones (excluding diaryl/α,β-unsaturated/α-hetero) is 1. The lowest BCUT2D eigenvalue weighted by atomic mass is 9.86. The van der Waals surface area contributed by atoms with Crippen molar-refractivity contribution < 1.29 is 24.3 Å². The molecule has 8 nitrogen and oxygen atoms in total. The third-order valence-electron chi connectivity index (χ3n) is 6.46. The average molecular weight is 480 g/mol. The fourth-order valence-electron chi connectivity index (χ4n) is 4.17. The zero-order valence-corrected chi connectivity index (χ0v) is 21.0. The van der Waals surface area contributed by atoms with E-state index in [1.54, 1.807) is 0 Å². The highest BCUT2D eigenvalue weighted by molar-refractivity contribution is 6.12. The Labute approximate surface area is 204 Å². The van der Waals surface area contributed by atoms with E-state index >= 15 is 0 Å². The molecule has 0 radical (unpaired) electrons. The van der Waals surface area contributed by atoms with Crippen LogP contribution in [0.15, 0.2) is 12.2 Å². The Morgan fingerprint density at radius 1 is 0.824 bits per heavy atom. The maximum atomic E-state index is 12.5. The molecular formula is C26H45N3O5. The minimum atomic E-state index is -1.88. The Morgan fingerprint density at radius 3 is 1.76 bits per heavy atom. The van der Waals surface area contributed by atoms with Crippen LogP contribution in [0.1, 0.15) is 116 Å². The van der Waals surface area contributed by atoms with Crippen LogP contribution in [0, 0.1) is 0 Å². The van der Waals surface area contributed by atoms with E-state index in [0.717, 1.165) is 24.3 Å². The number of nitrogens with one attached hydrogen (secondary N) is 1. The minimum absolute atomic E-state index is 0.0292. The summed E-state index contributed by atoms with van der Waals surface area (Å²) in [7, 11) is 0. The first-order valence-corrected chi connectivity index (χ1v) is 13.2. The van der Waals surface area contributed by atoms with Gasteiger partial charge in [-0.05, 0) is 25.7 Å². The Hall–Kier alpha value is -2.06. The number of hydrogen-bond donors (Lipinski definition) is 3. The molecule has 1 aliphatic heterocycles. The number of hydrazine groups is 1. The van der Waals surface area contributed by atoms with Crippen LogP contribution in [0.3, 0.4) is 0 Å². The number of carboxylic acids is 1. The predicted molar refractivity (Wildman–Crippen MR) is 133 cm³/mol. The number of carbonyl (C=O) groups excluding carboxylic acids is 3. The maximum Gasteiger partial charge on any atom is 0.331 e. The third-order valence-corrected chi connectivity index (χ3v) is 6.46. The normalized spacial score (nSPS) is 15.2. The summed E-state index contributed by atoms with van der Waals surface area (Å²) in [6.45, 7) is 2.54. The monoisotopic (exact) mass is 479 g/mol. The summed E-state index contributed by atoms with van der Waals surface area (Å²) in [6.07, 6.45) is 19.0. The first kappa shape index (κ1) is 30.0. The highest BCUT2D eigenvalue weighted by atomic mass is 16.4. The maximum absolute atomic E-state index is 12.5. The summed E-state index contributed by atoms with van der Waals surface area (Å²) in [5, 5.41) is 10.4. The second-order valence-electron chi connectivity index (χ2n) is 9.40. The highest BCUT2D eigenvalue weighted by Crippen LogP contribution is 2.18. The van der Waals surface area contributed by atoms with Crippen LogP contribution in [0.2, 0.25) is 0 Å². The number of nitrogens with zero attached hydrogens (tertiary/aromatic N) is 1. The van der Waals surface area contributed by atoms with Gasteiger partial charge in [-0.1, -0.05) is 84.0 Å². The molecule has 34 heavy (non-hydrogen) atoms. The van der Waals surface area contributed by atoms with E-state index in [9.17, 15) is 24.3 Å². The molecule has 0 aromatic rings. The molecule has 2 amide bonds. The fraction of sp³-hybridized carbons (Fsp3) is 0.769. The molecule has 8 heteroatoms. The smallest absolute Gasteiger partial charge is 0.331 e. The van der Waals surface area contributed by atoms with Gasteiger partial charge in [-0.2, -0.15) is 0 Å². The van der Waals surface area contributed by atoms with Gasteiger partial charge in [0.05, 0.1) is 0 Å². The number of aliphatic carboxylic acids is 1. The molecular weight excluding hydrogens is 434 g/mol. The number of carbonyl (C=O) groups is 4. The molecule has 0 unspecified atom stereocenters. The summed E-state index contributed by atoms with van der Waals surface area (Å²) >= 11 is 0. The third kappa shape index (κ3) is 11.4. The van der Waals surface area contributed by atoms with Crippen molar-refractivity contribution in [3.63, 3.8) is 0 Å². The van der Waals surface area contributed by atoms with Crippen LogP contribution in [0.4, 0.5) is 0 Å². The number of ketones is 1. The van der Waals surface area contributed by atoms with Gasteiger partial charge in [0.25, 0.3) is 11.8 Å². The molecule has 0 saturated carbocycles. The topological polar surface area (TPSA) is 130 Å². The molecule has 0 bridgehead atoms. The lowest BCUT2D eigenvalue weighted by Crippen LogP contribution is -2.55. The molecule has 1 atom stereocenters. The number of rotatable bonds is 22. The van der Waals surface area contributed by atoms with Gasteiger partial charge in [0, 0.05) is 25.1 Å². The number of amides is 2. The predicted octanol–water partition coefficient (Wildman–Crippen LogP) is 4.42. The van der Waals surface area contributed by atoms with Crippen LogP contribution in [0.25, 0.3) is 0 Å². The Kier molecular flexibility index (Phi) is 15.3. The van der Waals surface area contributed by atoms with Gasteiger partial charge < -0.3 is 10.8 Å². The summed E-state index contributed by atoms with van der Waals surface area (Å²) in [5.74, 6) is -2.59. The summed E-state index contributed by atoms with van der Waals surface area (Å²) in [5.41, 5.74) is 6.81. The molecule has 4 N–H and O–H groups in total. The van der Waals surface area contributed by atoms with Crippen molar-refractivity contribution >= 4 is 23.6 Å². The van der Waals surface area contributed by atoms with Gasteiger partial charge in [0.15, 0.2) is 11.3 Å². The van der Waals surface area contributed by atoms with Gasteiger partial charge in [-0.3, -0.25) is 14.4 Å². The number of imide groups is 1. The van der Waals surface area contributed by atoms with E-state index in [1.807, 2.05) is 0 Å². The molecule has 0 aromatic heterocycles. The zero-order valence-electron chi connectivity index (χ0n) is 21.0. The number of unbranched alkanes of at least 4 members (excludes halogenated alkanes) is 13. The van der Waals surface area contributed by atoms with E-state index in [4.69, 9.17) is 5.73 Å². The number of nitrogens with two attached hydrogens (primary N) is 1.